The molecule has 0 spiro atoms. The van der Waals surface area contributed by atoms with Crippen molar-refractivity contribution >= 4 is 35.7 Å². The van der Waals surface area contributed by atoms with Crippen molar-refractivity contribution in [3.63, 3.8) is 0 Å². The molecule has 2 N–H and O–H groups in total. The highest BCUT2D eigenvalue weighted by Gasteiger charge is 2.52. The van der Waals surface area contributed by atoms with Crippen molar-refractivity contribution in [1.29, 1.82) is 0 Å². The molecule has 2 atom stereocenters. The van der Waals surface area contributed by atoms with Gasteiger partial charge in [0.05, 0.1) is 18.2 Å². The number of hydrogen-bond acceptors (Lipinski definition) is 8. The third kappa shape index (κ3) is 7.50. The van der Waals surface area contributed by atoms with Crippen LogP contribution in [0.25, 0.3) is 11.2 Å². The van der Waals surface area contributed by atoms with Gasteiger partial charge in [-0.15, -0.1) is 0 Å². The van der Waals surface area contributed by atoms with Crippen LogP contribution < -0.4 is 16.1 Å². The van der Waals surface area contributed by atoms with Gasteiger partial charge in [0.2, 0.25) is 0 Å². The first-order chi connectivity index (χ1) is 30.3. The summed E-state index contributed by atoms with van der Waals surface area (Å²) in [5.41, 5.74) is 10.7. The summed E-state index contributed by atoms with van der Waals surface area (Å²) in [5, 5.41) is 2.17. The largest absolute Gasteiger partial charge is 0.405 e. The van der Waals surface area contributed by atoms with Crippen LogP contribution in [-0.4, -0.2) is 63.5 Å². The number of pyridine rings is 1. The van der Waals surface area contributed by atoms with Gasteiger partial charge < -0.3 is 14.9 Å². The van der Waals surface area contributed by atoms with Gasteiger partial charge in [0, 0.05) is 19.3 Å². The van der Waals surface area contributed by atoms with Gasteiger partial charge in [-0.3, -0.25) is 9.47 Å². The number of anilines is 1. The normalized spacial score (nSPS) is 16.1. The van der Waals surface area contributed by atoms with Gasteiger partial charge in [-0.05, 0) is 56.1 Å². The second-order valence-corrected chi connectivity index (χ2v) is 20.9. The fraction of sp³-hybridized carbons (Fsp3) is 0.192. The highest BCUT2D eigenvalue weighted by atomic mass is 28.4. The number of ether oxygens (including phenoxy) is 1. The van der Waals surface area contributed by atoms with E-state index in [1.54, 1.807) is 6.20 Å². The monoisotopic (exact) mass is 831 g/mol. The fourth-order valence-electron chi connectivity index (χ4n) is 9.23. The van der Waals surface area contributed by atoms with Crippen molar-refractivity contribution in [3.05, 3.63) is 211 Å². The number of hydrogen-bond donors (Lipinski definition) is 1. The van der Waals surface area contributed by atoms with Crippen molar-refractivity contribution in [3.8, 4) is 11.8 Å². The molecule has 62 heavy (non-hydrogen) atoms. The minimum absolute atomic E-state index is 0.242. The standard InChI is InChI=1S/C52H49N7O2Si/c1-51(2,3)62(44-28-15-7-16-29-44,45-30-17-8-18-31-45)60-37-43-35-58(52(39-21-9-4-10-22-39,40-23-11-5-12-24-40)41-25-13-6-14-26-41)36-47(61-43)59-46(33-32-42-27-19-20-34-54-42)57-48-49(53)55-38-56-50(48)59/h4-31,34,38,43,47H,35-37H2,1-3H3,(H2,53,55,56)/t43-,47+/m0/s1. The Morgan fingerprint density at radius 3 is 1.71 bits per heavy atom. The molecule has 9 nitrogen and oxygen atoms in total. The van der Waals surface area contributed by atoms with E-state index in [0.29, 0.717) is 42.4 Å². The van der Waals surface area contributed by atoms with Gasteiger partial charge >= 0.3 is 0 Å². The Morgan fingerprint density at radius 2 is 1.19 bits per heavy atom. The van der Waals surface area contributed by atoms with Gasteiger partial charge in [0.15, 0.2) is 29.0 Å². The molecule has 1 fully saturated rings. The number of benzene rings is 5. The Bertz CT molecular complexity index is 2660. The Kier molecular flexibility index (Phi) is 11.4. The zero-order valence-electron chi connectivity index (χ0n) is 35.2. The number of imidazole rings is 1. The summed E-state index contributed by atoms with van der Waals surface area (Å²) in [6.45, 7) is 8.18. The summed E-state index contributed by atoms with van der Waals surface area (Å²) in [5.74, 6) is 7.26. The quantitative estimate of drug-likeness (QED) is 0.0842. The zero-order chi connectivity index (χ0) is 42.6. The van der Waals surface area contributed by atoms with E-state index in [9.17, 15) is 0 Å². The molecule has 3 aromatic heterocycles. The average molecular weight is 832 g/mol. The molecule has 0 radical (unpaired) electrons. The van der Waals surface area contributed by atoms with Crippen LogP contribution in [0.2, 0.25) is 5.04 Å². The highest BCUT2D eigenvalue weighted by molar-refractivity contribution is 6.99. The molecule has 1 aliphatic rings. The number of nitrogen functional groups attached to an aromatic ring is 1. The molecule has 4 heterocycles. The molecular formula is C52H49N7O2Si. The molecule has 0 bridgehead atoms. The third-order valence-corrected chi connectivity index (χ3v) is 16.9. The minimum Gasteiger partial charge on any atom is -0.405 e. The molecule has 0 unspecified atom stereocenters. The molecule has 0 amide bonds. The Hall–Kier alpha value is -6.74. The number of nitrogens with zero attached hydrogens (tertiary/aromatic N) is 6. The topological polar surface area (TPSA) is 104 Å². The minimum atomic E-state index is -2.98. The molecule has 5 aromatic carbocycles. The smallest absolute Gasteiger partial charge is 0.261 e. The van der Waals surface area contributed by atoms with E-state index in [4.69, 9.17) is 24.9 Å². The molecule has 9 rings (SSSR count). The fourth-order valence-corrected chi connectivity index (χ4v) is 13.8. The maximum atomic E-state index is 7.67. The summed E-state index contributed by atoms with van der Waals surface area (Å²) in [4.78, 5) is 21.1. The van der Waals surface area contributed by atoms with Gasteiger partial charge in [0.1, 0.15) is 12.0 Å². The number of fused-ring (bicyclic) bond motifs is 1. The van der Waals surface area contributed by atoms with Crippen molar-refractivity contribution in [2.45, 2.75) is 43.7 Å². The van der Waals surface area contributed by atoms with Crippen LogP contribution in [0.1, 0.15) is 55.2 Å². The van der Waals surface area contributed by atoms with E-state index in [1.165, 1.54) is 16.7 Å². The van der Waals surface area contributed by atoms with E-state index in [2.05, 4.69) is 199 Å². The van der Waals surface area contributed by atoms with Gasteiger partial charge in [-0.25, -0.2) is 19.9 Å². The van der Waals surface area contributed by atoms with Crippen molar-refractivity contribution in [1.82, 2.24) is 29.4 Å². The number of nitrogens with two attached hydrogens (primary N) is 1. The summed E-state index contributed by atoms with van der Waals surface area (Å²) in [6, 6.07) is 59.4. The summed E-state index contributed by atoms with van der Waals surface area (Å²) < 4.78 is 17.0. The second-order valence-electron chi connectivity index (χ2n) is 16.6. The maximum Gasteiger partial charge on any atom is 0.261 e. The summed E-state index contributed by atoms with van der Waals surface area (Å²) in [6.07, 6.45) is 2.13. The van der Waals surface area contributed by atoms with Gasteiger partial charge in [-0.1, -0.05) is 178 Å². The molecule has 0 saturated carbocycles. The first-order valence-corrected chi connectivity index (χ1v) is 22.9. The van der Waals surface area contributed by atoms with Crippen molar-refractivity contribution < 1.29 is 9.16 Å². The Balaban J connectivity index is 1.25. The molecule has 1 saturated heterocycles. The zero-order valence-corrected chi connectivity index (χ0v) is 36.2. The molecular weight excluding hydrogens is 783 g/mol. The lowest BCUT2D eigenvalue weighted by molar-refractivity contribution is -0.146. The van der Waals surface area contributed by atoms with Crippen LogP contribution in [0.3, 0.4) is 0 Å². The Morgan fingerprint density at radius 1 is 0.661 bits per heavy atom. The van der Waals surface area contributed by atoms with E-state index in [0.717, 1.165) is 16.7 Å². The van der Waals surface area contributed by atoms with Crippen LogP contribution in [0.5, 0.6) is 0 Å². The molecule has 8 aromatic rings. The molecule has 1 aliphatic heterocycles. The summed E-state index contributed by atoms with van der Waals surface area (Å²) >= 11 is 0. The van der Waals surface area contributed by atoms with Crippen molar-refractivity contribution in [2.75, 3.05) is 25.4 Å². The number of rotatable bonds is 10. The van der Waals surface area contributed by atoms with Crippen LogP contribution in [0.4, 0.5) is 5.82 Å². The van der Waals surface area contributed by atoms with Crippen LogP contribution in [0, 0.1) is 11.8 Å². The van der Waals surface area contributed by atoms with Crippen molar-refractivity contribution in [2.24, 2.45) is 0 Å². The lowest BCUT2D eigenvalue weighted by Crippen LogP contribution is -2.67. The first kappa shape index (κ1) is 40.7. The van der Waals surface area contributed by atoms with Crippen LogP contribution in [0.15, 0.2) is 182 Å². The second kappa shape index (κ2) is 17.3. The van der Waals surface area contributed by atoms with E-state index in [-0.39, 0.29) is 10.9 Å². The van der Waals surface area contributed by atoms with Gasteiger partial charge in [0.25, 0.3) is 8.32 Å². The predicted molar refractivity (Wildman–Crippen MR) is 248 cm³/mol. The van der Waals surface area contributed by atoms with E-state index < -0.39 is 26.2 Å². The summed E-state index contributed by atoms with van der Waals surface area (Å²) in [7, 11) is -2.98. The third-order valence-electron chi connectivity index (χ3n) is 11.9. The lowest BCUT2D eigenvalue weighted by atomic mass is 9.75. The molecule has 10 heteroatoms. The number of aromatic nitrogens is 5. The first-order valence-electron chi connectivity index (χ1n) is 21.0. The molecule has 0 aliphatic carbocycles. The van der Waals surface area contributed by atoms with Crippen LogP contribution in [-0.2, 0) is 14.7 Å². The van der Waals surface area contributed by atoms with Gasteiger partial charge in [-0.2, -0.15) is 0 Å². The molecule has 308 valence electrons. The van der Waals surface area contributed by atoms with E-state index >= 15 is 0 Å². The Labute approximate surface area is 364 Å². The lowest BCUT2D eigenvalue weighted by Gasteiger charge is -2.51. The van der Waals surface area contributed by atoms with E-state index in [1.807, 2.05) is 22.8 Å². The SMILES string of the molecule is CC(C)(C)[Si](OC[C@@H]1CN(C(c2ccccc2)(c2ccccc2)c2ccccc2)C[C@H](n2c(C#Cc3ccccn3)nc3c(N)ncnc32)O1)(c1ccccc1)c1ccccc1. The number of morpholine rings is 1. The predicted octanol–water partition coefficient (Wildman–Crippen LogP) is 7.97. The average Bonchev–Trinajstić information content (AvgIpc) is 3.70. The maximum absolute atomic E-state index is 7.67. The highest BCUT2D eigenvalue weighted by Crippen LogP contribution is 2.45. The van der Waals surface area contributed by atoms with Crippen LogP contribution >= 0.6 is 0 Å².